The maximum absolute atomic E-state index is 10.9. The van der Waals surface area contributed by atoms with Crippen molar-refractivity contribution >= 4 is 5.97 Å². The molecule has 0 aromatic carbocycles. The summed E-state index contributed by atoms with van der Waals surface area (Å²) in [5, 5.41) is 0. The summed E-state index contributed by atoms with van der Waals surface area (Å²) in [6, 6.07) is 0. The molecule has 0 fully saturated rings. The zero-order valence-corrected chi connectivity index (χ0v) is 7.31. The highest BCUT2D eigenvalue weighted by Crippen LogP contribution is 2.07. The first-order valence-electron chi connectivity index (χ1n) is 3.52. The molecule has 0 aromatic heterocycles. The van der Waals surface area contributed by atoms with Crippen LogP contribution in [-0.2, 0) is 9.53 Å². The molecular formula is C9H14O2. The summed E-state index contributed by atoms with van der Waals surface area (Å²) in [7, 11) is 0. The molecule has 0 radical (unpaired) electrons. The molecule has 0 aliphatic carbocycles. The molecule has 62 valence electrons. The highest BCUT2D eigenvalue weighted by molar-refractivity contribution is 5.71. The lowest BCUT2D eigenvalue weighted by molar-refractivity contribution is -0.153. The molecule has 0 heterocycles. The summed E-state index contributed by atoms with van der Waals surface area (Å²) in [6.45, 7) is 8.85. The van der Waals surface area contributed by atoms with Crippen molar-refractivity contribution in [2.75, 3.05) is 0 Å². The molecule has 0 aliphatic heterocycles. The Hall–Kier alpha value is -1.01. The molecule has 0 atom stereocenters. The van der Waals surface area contributed by atoms with Crippen LogP contribution >= 0.6 is 0 Å². The first kappa shape index (κ1) is 9.99. The second kappa shape index (κ2) is 3.99. The summed E-state index contributed by atoms with van der Waals surface area (Å²) in [4.78, 5) is 10.9. The first-order valence-corrected chi connectivity index (χ1v) is 3.52. The standard InChI is InChI=1S/C9H14O2/c1-5-6-7-8(10)11-9(2,3)4/h6H,1,7H2,2-4H3. The van der Waals surface area contributed by atoms with Crippen LogP contribution in [0.2, 0.25) is 0 Å². The van der Waals surface area contributed by atoms with Crippen molar-refractivity contribution < 1.29 is 9.53 Å². The summed E-state index contributed by atoms with van der Waals surface area (Å²) >= 11 is 0. The lowest BCUT2D eigenvalue weighted by atomic mass is 10.2. The number of hydrogen-bond donors (Lipinski definition) is 0. The molecule has 0 amide bonds. The van der Waals surface area contributed by atoms with Crippen molar-refractivity contribution in [3.63, 3.8) is 0 Å². The Bertz CT molecular complexity index is 180. The van der Waals surface area contributed by atoms with E-state index in [2.05, 4.69) is 12.3 Å². The van der Waals surface area contributed by atoms with Gasteiger partial charge in [-0.1, -0.05) is 6.58 Å². The van der Waals surface area contributed by atoms with Gasteiger partial charge in [0.15, 0.2) is 0 Å². The topological polar surface area (TPSA) is 26.3 Å². The van der Waals surface area contributed by atoms with Crippen molar-refractivity contribution in [1.29, 1.82) is 0 Å². The molecule has 0 aliphatic rings. The third-order valence-corrected chi connectivity index (χ3v) is 0.833. The number of carbonyl (C=O) groups is 1. The maximum atomic E-state index is 10.9. The average Bonchev–Trinajstić information content (AvgIpc) is 1.79. The van der Waals surface area contributed by atoms with Crippen LogP contribution in [0.3, 0.4) is 0 Å². The number of carbonyl (C=O) groups excluding carboxylic acids is 1. The molecule has 0 N–H and O–H groups in total. The third-order valence-electron chi connectivity index (χ3n) is 0.833. The first-order chi connectivity index (χ1) is 4.95. The van der Waals surface area contributed by atoms with E-state index in [9.17, 15) is 4.79 Å². The van der Waals surface area contributed by atoms with Crippen LogP contribution in [0.1, 0.15) is 27.2 Å². The van der Waals surface area contributed by atoms with E-state index >= 15 is 0 Å². The molecule has 2 heteroatoms. The minimum atomic E-state index is -0.397. The molecule has 0 aromatic rings. The molecule has 0 spiro atoms. The van der Waals surface area contributed by atoms with Gasteiger partial charge < -0.3 is 4.74 Å². The Morgan fingerprint density at radius 3 is 2.55 bits per heavy atom. The van der Waals surface area contributed by atoms with Crippen molar-refractivity contribution in [3.8, 4) is 0 Å². The fourth-order valence-corrected chi connectivity index (χ4v) is 0.539. The van der Waals surface area contributed by atoms with Crippen LogP contribution in [0.25, 0.3) is 0 Å². The number of esters is 1. The highest BCUT2D eigenvalue weighted by atomic mass is 16.6. The predicted octanol–water partition coefficient (Wildman–Crippen LogP) is 2.06. The van der Waals surface area contributed by atoms with Gasteiger partial charge in [0.05, 0.1) is 6.42 Å². The summed E-state index contributed by atoms with van der Waals surface area (Å²) in [5.41, 5.74) is 2.11. The van der Waals surface area contributed by atoms with E-state index in [0.717, 1.165) is 0 Å². The average molecular weight is 154 g/mol. The SMILES string of the molecule is C=C=CCC(=O)OC(C)(C)C. The molecule has 0 rings (SSSR count). The minimum absolute atomic E-state index is 0.242. The zero-order chi connectivity index (χ0) is 8.91. The van der Waals surface area contributed by atoms with E-state index in [1.54, 1.807) is 6.08 Å². The van der Waals surface area contributed by atoms with Crippen molar-refractivity contribution in [1.82, 2.24) is 0 Å². The Morgan fingerprint density at radius 2 is 2.18 bits per heavy atom. The summed E-state index contributed by atoms with van der Waals surface area (Å²) < 4.78 is 5.00. The van der Waals surface area contributed by atoms with Gasteiger partial charge in [-0.15, -0.1) is 5.73 Å². The minimum Gasteiger partial charge on any atom is -0.460 e. The van der Waals surface area contributed by atoms with E-state index in [-0.39, 0.29) is 12.4 Å². The van der Waals surface area contributed by atoms with Crippen LogP contribution in [0.4, 0.5) is 0 Å². The van der Waals surface area contributed by atoms with Crippen LogP contribution in [-0.4, -0.2) is 11.6 Å². The van der Waals surface area contributed by atoms with Crippen LogP contribution in [0.5, 0.6) is 0 Å². The molecule has 0 saturated carbocycles. The smallest absolute Gasteiger partial charge is 0.310 e. The van der Waals surface area contributed by atoms with Gasteiger partial charge in [0.2, 0.25) is 0 Å². The number of hydrogen-bond acceptors (Lipinski definition) is 2. The van der Waals surface area contributed by atoms with E-state index in [0.29, 0.717) is 0 Å². The maximum Gasteiger partial charge on any atom is 0.310 e. The Balaban J connectivity index is 3.79. The Kier molecular flexibility index (Phi) is 3.63. The lowest BCUT2D eigenvalue weighted by Gasteiger charge is -2.18. The fraction of sp³-hybridized carbons (Fsp3) is 0.556. The molecular weight excluding hydrogens is 140 g/mol. The quantitative estimate of drug-likeness (QED) is 0.449. The normalized spacial score (nSPS) is 10.1. The molecule has 11 heavy (non-hydrogen) atoms. The fourth-order valence-electron chi connectivity index (χ4n) is 0.539. The summed E-state index contributed by atoms with van der Waals surface area (Å²) in [6.07, 6.45) is 1.80. The second-order valence-electron chi connectivity index (χ2n) is 3.20. The summed E-state index contributed by atoms with van der Waals surface area (Å²) in [5.74, 6) is -0.242. The monoisotopic (exact) mass is 154 g/mol. The number of rotatable bonds is 2. The van der Waals surface area contributed by atoms with Crippen LogP contribution in [0, 0.1) is 0 Å². The van der Waals surface area contributed by atoms with Gasteiger partial charge >= 0.3 is 5.97 Å². The van der Waals surface area contributed by atoms with Gasteiger partial charge in [0, 0.05) is 0 Å². The zero-order valence-electron chi connectivity index (χ0n) is 7.31. The van der Waals surface area contributed by atoms with E-state index in [1.807, 2.05) is 20.8 Å². The van der Waals surface area contributed by atoms with Crippen molar-refractivity contribution in [3.05, 3.63) is 18.4 Å². The predicted molar refractivity (Wildman–Crippen MR) is 44.2 cm³/mol. The van der Waals surface area contributed by atoms with Gasteiger partial charge in [0.1, 0.15) is 5.60 Å². The van der Waals surface area contributed by atoms with Crippen molar-refractivity contribution in [2.24, 2.45) is 0 Å². The lowest BCUT2D eigenvalue weighted by Crippen LogP contribution is -2.23. The van der Waals surface area contributed by atoms with Crippen LogP contribution in [0.15, 0.2) is 18.4 Å². The van der Waals surface area contributed by atoms with Gasteiger partial charge in [0.25, 0.3) is 0 Å². The largest absolute Gasteiger partial charge is 0.460 e. The van der Waals surface area contributed by atoms with Gasteiger partial charge in [-0.05, 0) is 26.8 Å². The molecule has 0 bridgehead atoms. The Labute approximate surface area is 67.6 Å². The van der Waals surface area contributed by atoms with E-state index in [4.69, 9.17) is 4.74 Å². The molecule has 0 unspecified atom stereocenters. The number of ether oxygens (including phenoxy) is 1. The van der Waals surface area contributed by atoms with Crippen LogP contribution < -0.4 is 0 Å². The van der Waals surface area contributed by atoms with E-state index < -0.39 is 5.60 Å². The van der Waals surface area contributed by atoms with Gasteiger partial charge in [-0.3, -0.25) is 4.79 Å². The van der Waals surface area contributed by atoms with E-state index in [1.165, 1.54) is 0 Å². The van der Waals surface area contributed by atoms with Gasteiger partial charge in [-0.2, -0.15) is 0 Å². The molecule has 0 saturated heterocycles. The second-order valence-corrected chi connectivity index (χ2v) is 3.20. The molecule has 2 nitrogen and oxygen atoms in total. The van der Waals surface area contributed by atoms with Crippen molar-refractivity contribution in [2.45, 2.75) is 32.8 Å². The Morgan fingerprint density at radius 1 is 1.64 bits per heavy atom. The van der Waals surface area contributed by atoms with Gasteiger partial charge in [-0.25, -0.2) is 0 Å². The third kappa shape index (κ3) is 6.88. The highest BCUT2D eigenvalue weighted by Gasteiger charge is 2.14.